The fraction of sp³-hybridized carbons (Fsp3) is 0.727. The molecule has 0 aromatic heterocycles. The highest BCUT2D eigenvalue weighted by Gasteiger charge is 1.68. The average molecular weight is 317 g/mol. The molecule has 22 heavy (non-hydrogen) atoms. The quantitative estimate of drug-likeness (QED) is 0.309. The first-order valence-electron chi connectivity index (χ1n) is 8.63. The van der Waals surface area contributed by atoms with Crippen molar-refractivity contribution in [2.45, 2.75) is 95.9 Å². The lowest BCUT2D eigenvalue weighted by Crippen LogP contribution is -1.66. The highest BCUT2D eigenvalue weighted by atomic mass is 13.7. The van der Waals surface area contributed by atoms with E-state index in [0.717, 1.165) is 11.8 Å². The molecule has 0 radical (unpaired) electrons. The Morgan fingerprint density at radius 2 is 0.545 bits per heavy atom. The zero-order chi connectivity index (χ0) is 20.6. The van der Waals surface area contributed by atoms with Gasteiger partial charge < -0.3 is 0 Å². The van der Waals surface area contributed by atoms with Gasteiger partial charge in [-0.05, 0) is 11.8 Å². The van der Waals surface area contributed by atoms with Gasteiger partial charge >= 0.3 is 0 Å². The van der Waals surface area contributed by atoms with Gasteiger partial charge in [0.15, 0.2) is 0 Å². The van der Waals surface area contributed by atoms with Crippen molar-refractivity contribution >= 4 is 0 Å². The van der Waals surface area contributed by atoms with Gasteiger partial charge in [-0.3, -0.25) is 0 Å². The molecule has 0 amide bonds. The minimum Gasteiger partial charge on any atom is -0.124 e. The van der Waals surface area contributed by atoms with Crippen LogP contribution in [0.25, 0.3) is 0 Å². The molecule has 0 heterocycles. The van der Waals surface area contributed by atoms with Crippen molar-refractivity contribution in [3.8, 4) is 12.8 Å². The Kier molecular flexibility index (Phi) is 331. The molecule has 0 spiro atoms. The lowest BCUT2D eigenvalue weighted by atomic mass is 10.3. The van der Waals surface area contributed by atoms with Crippen LogP contribution in [0.3, 0.4) is 0 Å². The normalized spacial score (nSPS) is 5.64. The van der Waals surface area contributed by atoms with E-state index in [2.05, 4.69) is 108 Å². The summed E-state index contributed by atoms with van der Waals surface area (Å²) in [5.41, 5.74) is 0. The molecule has 0 nitrogen and oxygen atoms in total. The van der Waals surface area contributed by atoms with Crippen LogP contribution in [0.5, 0.6) is 0 Å². The zero-order valence-electron chi connectivity index (χ0n) is 18.6. The summed E-state index contributed by atoms with van der Waals surface area (Å²) in [6.07, 6.45) is 10.5. The first-order valence-corrected chi connectivity index (χ1v) is 8.63. The summed E-state index contributed by atoms with van der Waals surface area (Å²) >= 11 is 0. The second kappa shape index (κ2) is 147. The van der Waals surface area contributed by atoms with Gasteiger partial charge in [-0.15, -0.1) is 39.2 Å². The van der Waals surface area contributed by atoms with E-state index in [1.54, 1.807) is 0 Å². The van der Waals surface area contributed by atoms with E-state index in [1.165, 1.54) is 12.8 Å². The van der Waals surface area contributed by atoms with E-state index in [0.29, 0.717) is 0 Å². The SMILES string of the molecule is C#C.C=C.C=C.CC.CC(C)C.CC(C)C.CCC.CCC. The summed E-state index contributed by atoms with van der Waals surface area (Å²) in [7, 11) is 0. The van der Waals surface area contributed by atoms with Crippen LogP contribution in [0.15, 0.2) is 26.3 Å². The minimum absolute atomic E-state index is 0.833. The second-order valence-electron chi connectivity index (χ2n) is 4.88. The molecule has 0 aliphatic heterocycles. The van der Waals surface area contributed by atoms with Gasteiger partial charge in [-0.2, -0.15) is 0 Å². The third-order valence-electron chi connectivity index (χ3n) is 0. The first kappa shape index (κ1) is 49.7. The molecule has 0 bridgehead atoms. The van der Waals surface area contributed by atoms with Gasteiger partial charge in [0.1, 0.15) is 0 Å². The third-order valence-corrected chi connectivity index (χ3v) is 0. The summed E-state index contributed by atoms with van der Waals surface area (Å²) in [5.74, 6) is 1.67. The van der Waals surface area contributed by atoms with E-state index in [1.807, 2.05) is 13.8 Å². The van der Waals surface area contributed by atoms with Crippen LogP contribution in [0.1, 0.15) is 95.9 Å². The Bertz CT molecular complexity index is 71.9. The lowest BCUT2D eigenvalue weighted by molar-refractivity contribution is 0.736. The summed E-state index contributed by atoms with van der Waals surface area (Å²) < 4.78 is 0. The monoisotopic (exact) mass is 316 g/mol. The molecule has 140 valence electrons. The highest BCUT2D eigenvalue weighted by molar-refractivity contribution is 4.47. The van der Waals surface area contributed by atoms with Crippen LogP contribution in [0.4, 0.5) is 0 Å². The van der Waals surface area contributed by atoms with Crippen LogP contribution >= 0.6 is 0 Å². The smallest absolute Gasteiger partial charge is 0.0500 e. The molecular formula is C22H52. The summed E-state index contributed by atoms with van der Waals surface area (Å²) in [5, 5.41) is 0. The minimum atomic E-state index is 0.833. The second-order valence-corrected chi connectivity index (χ2v) is 4.88. The van der Waals surface area contributed by atoms with Gasteiger partial charge in [0.05, 0.1) is 0 Å². The number of hydrogen-bond acceptors (Lipinski definition) is 0. The predicted octanol–water partition coefficient (Wildman–Crippen LogP) is 9.04. The van der Waals surface area contributed by atoms with Crippen LogP contribution < -0.4 is 0 Å². The van der Waals surface area contributed by atoms with Crippen LogP contribution in [-0.2, 0) is 0 Å². The van der Waals surface area contributed by atoms with E-state index in [9.17, 15) is 0 Å². The molecule has 0 saturated heterocycles. The molecule has 0 unspecified atom stereocenters. The average Bonchev–Trinajstić information content (AvgIpc) is 2.47. The molecule has 0 saturated carbocycles. The van der Waals surface area contributed by atoms with Crippen molar-refractivity contribution in [3.05, 3.63) is 26.3 Å². The highest BCUT2D eigenvalue weighted by Crippen LogP contribution is 1.81. The molecule has 0 heteroatoms. The molecule has 0 aromatic carbocycles. The van der Waals surface area contributed by atoms with Gasteiger partial charge in [-0.1, -0.05) is 95.9 Å². The summed E-state index contributed by atoms with van der Waals surface area (Å²) in [6.45, 7) is 37.5. The Balaban J connectivity index is -0.0000000174. The van der Waals surface area contributed by atoms with Gasteiger partial charge in [0, 0.05) is 0 Å². The van der Waals surface area contributed by atoms with Crippen LogP contribution in [0, 0.1) is 24.7 Å². The van der Waals surface area contributed by atoms with Crippen molar-refractivity contribution < 1.29 is 0 Å². The molecule has 0 aromatic rings. The van der Waals surface area contributed by atoms with Gasteiger partial charge in [0.2, 0.25) is 0 Å². The standard InChI is InChI=1S/2C4H10.2C3H8.C2H6.2C2H4.C2H2/c2*1-4(2)3;2*1-3-2;4*1-2/h2*4H,1-3H3;2*3H2,1-2H3;1-2H3;2*1-2H2;1-2H. The Morgan fingerprint density at radius 1 is 0.545 bits per heavy atom. The molecule has 0 rings (SSSR count). The largest absolute Gasteiger partial charge is 0.124 e. The third kappa shape index (κ3) is 6720. The van der Waals surface area contributed by atoms with Gasteiger partial charge in [-0.25, -0.2) is 0 Å². The predicted molar refractivity (Wildman–Crippen MR) is 117 cm³/mol. The Labute approximate surface area is 147 Å². The molecule has 0 aliphatic carbocycles. The maximum Gasteiger partial charge on any atom is -0.0500 e. The first-order chi connectivity index (χ1) is 10.3. The number of terminal acetylenes is 1. The van der Waals surface area contributed by atoms with Crippen LogP contribution in [-0.4, -0.2) is 0 Å². The van der Waals surface area contributed by atoms with E-state index >= 15 is 0 Å². The van der Waals surface area contributed by atoms with E-state index in [-0.39, 0.29) is 0 Å². The number of hydrogen-bond donors (Lipinski definition) is 0. The van der Waals surface area contributed by atoms with Crippen molar-refractivity contribution in [2.75, 3.05) is 0 Å². The fourth-order valence-electron chi connectivity index (χ4n) is 0. The van der Waals surface area contributed by atoms with E-state index < -0.39 is 0 Å². The van der Waals surface area contributed by atoms with Crippen molar-refractivity contribution in [1.29, 1.82) is 0 Å². The maximum absolute atomic E-state index is 4.00. The topological polar surface area (TPSA) is 0 Å². The van der Waals surface area contributed by atoms with Gasteiger partial charge in [0.25, 0.3) is 0 Å². The molecule has 0 N–H and O–H groups in total. The Morgan fingerprint density at radius 3 is 0.545 bits per heavy atom. The molecule has 0 fully saturated rings. The Hall–Kier alpha value is -0.960. The van der Waals surface area contributed by atoms with E-state index in [4.69, 9.17) is 0 Å². The maximum atomic E-state index is 4.00. The number of rotatable bonds is 0. The summed E-state index contributed by atoms with van der Waals surface area (Å²) in [6, 6.07) is 0. The molecule has 0 atom stereocenters. The fourth-order valence-corrected chi connectivity index (χ4v) is 0. The van der Waals surface area contributed by atoms with Crippen molar-refractivity contribution in [2.24, 2.45) is 11.8 Å². The summed E-state index contributed by atoms with van der Waals surface area (Å²) in [4.78, 5) is 0. The van der Waals surface area contributed by atoms with Crippen molar-refractivity contribution in [1.82, 2.24) is 0 Å². The van der Waals surface area contributed by atoms with Crippen molar-refractivity contribution in [3.63, 3.8) is 0 Å². The molecular weight excluding hydrogens is 264 g/mol. The molecule has 0 aliphatic rings. The lowest BCUT2D eigenvalue weighted by Gasteiger charge is -1.79. The zero-order valence-corrected chi connectivity index (χ0v) is 18.6. The van der Waals surface area contributed by atoms with Crippen LogP contribution in [0.2, 0.25) is 0 Å².